The van der Waals surface area contributed by atoms with Crippen LogP contribution in [0.25, 0.3) is 0 Å². The second-order valence-corrected chi connectivity index (χ2v) is 7.63. The van der Waals surface area contributed by atoms with Crippen molar-refractivity contribution in [2.24, 2.45) is 5.92 Å². The molecule has 0 aliphatic carbocycles. The van der Waals surface area contributed by atoms with Crippen LogP contribution in [0.3, 0.4) is 0 Å². The maximum absolute atomic E-state index is 12.7. The number of nitrogens with one attached hydrogen (secondary N) is 1. The van der Waals surface area contributed by atoms with Crippen LogP contribution in [-0.2, 0) is 11.0 Å². The van der Waals surface area contributed by atoms with Crippen molar-refractivity contribution in [2.75, 3.05) is 26.2 Å². The molecule has 1 amide bonds. The van der Waals surface area contributed by atoms with Crippen molar-refractivity contribution < 1.29 is 23.1 Å². The number of carbonyl (C=O) groups is 1. The highest BCUT2D eigenvalue weighted by Crippen LogP contribution is 2.30. The van der Waals surface area contributed by atoms with E-state index in [0.29, 0.717) is 0 Å². The lowest BCUT2D eigenvalue weighted by Crippen LogP contribution is -2.42. The number of amides is 1. The van der Waals surface area contributed by atoms with E-state index in [4.69, 9.17) is 0 Å². The number of rotatable bonds is 5. The molecule has 2 aromatic carbocycles. The molecule has 7 heteroatoms. The smallest absolute Gasteiger partial charge is 0.388 e. The van der Waals surface area contributed by atoms with Crippen molar-refractivity contribution in [3.8, 4) is 11.8 Å². The first-order valence-electron chi connectivity index (χ1n) is 10.2. The SMILES string of the molecule is O=C(CN1CCC(C(O)c2ccccc2)CC1)NCC#Cc1cccc(C(F)(F)F)c1. The number of hydrogen-bond acceptors (Lipinski definition) is 3. The van der Waals surface area contributed by atoms with E-state index in [1.165, 1.54) is 12.1 Å². The second kappa shape index (κ2) is 10.5. The van der Waals surface area contributed by atoms with Crippen LogP contribution in [0.4, 0.5) is 13.2 Å². The van der Waals surface area contributed by atoms with Crippen LogP contribution < -0.4 is 5.32 Å². The van der Waals surface area contributed by atoms with Gasteiger partial charge < -0.3 is 10.4 Å². The third kappa shape index (κ3) is 6.84. The molecular weight excluding hydrogens is 405 g/mol. The van der Waals surface area contributed by atoms with Crippen LogP contribution in [0.15, 0.2) is 54.6 Å². The van der Waals surface area contributed by atoms with Gasteiger partial charge >= 0.3 is 6.18 Å². The lowest BCUT2D eigenvalue weighted by atomic mass is 9.87. The van der Waals surface area contributed by atoms with Crippen molar-refractivity contribution >= 4 is 5.91 Å². The van der Waals surface area contributed by atoms with Crippen LogP contribution in [0, 0.1) is 17.8 Å². The summed E-state index contributed by atoms with van der Waals surface area (Å²) < 4.78 is 38.1. The zero-order chi connectivity index (χ0) is 22.3. The van der Waals surface area contributed by atoms with Crippen LogP contribution in [0.1, 0.15) is 35.6 Å². The summed E-state index contributed by atoms with van der Waals surface area (Å²) >= 11 is 0. The van der Waals surface area contributed by atoms with E-state index in [1.807, 2.05) is 35.2 Å². The Hall–Kier alpha value is -2.82. The molecule has 1 atom stereocenters. The predicted molar refractivity (Wildman–Crippen MR) is 112 cm³/mol. The molecule has 164 valence electrons. The summed E-state index contributed by atoms with van der Waals surface area (Å²) in [5.74, 6) is 5.32. The molecule has 1 aliphatic heterocycles. The minimum absolute atomic E-state index is 0.0677. The molecule has 0 spiro atoms. The molecule has 2 N–H and O–H groups in total. The van der Waals surface area contributed by atoms with Crippen molar-refractivity contribution in [1.29, 1.82) is 0 Å². The summed E-state index contributed by atoms with van der Waals surface area (Å²) in [6.45, 7) is 1.74. The molecule has 1 unspecified atom stereocenters. The lowest BCUT2D eigenvalue weighted by Gasteiger charge is -2.33. The molecule has 3 rings (SSSR count). The topological polar surface area (TPSA) is 52.6 Å². The number of piperidine rings is 1. The van der Waals surface area contributed by atoms with Gasteiger partial charge in [0.25, 0.3) is 0 Å². The number of halogens is 3. The second-order valence-electron chi connectivity index (χ2n) is 7.63. The van der Waals surface area contributed by atoms with Gasteiger partial charge in [0.15, 0.2) is 0 Å². The van der Waals surface area contributed by atoms with Crippen molar-refractivity contribution in [3.63, 3.8) is 0 Å². The molecule has 4 nitrogen and oxygen atoms in total. The van der Waals surface area contributed by atoms with Gasteiger partial charge in [-0.05, 0) is 55.6 Å². The Balaban J connectivity index is 1.40. The van der Waals surface area contributed by atoms with Gasteiger partial charge in [0.2, 0.25) is 5.91 Å². The summed E-state index contributed by atoms with van der Waals surface area (Å²) in [5.41, 5.74) is 0.422. The quantitative estimate of drug-likeness (QED) is 0.713. The van der Waals surface area contributed by atoms with E-state index in [-0.39, 0.29) is 30.5 Å². The number of benzene rings is 2. The highest BCUT2D eigenvalue weighted by Gasteiger charge is 2.30. The Kier molecular flexibility index (Phi) is 7.72. The summed E-state index contributed by atoms with van der Waals surface area (Å²) in [6, 6.07) is 14.4. The average Bonchev–Trinajstić information content (AvgIpc) is 2.77. The largest absolute Gasteiger partial charge is 0.416 e. The zero-order valence-electron chi connectivity index (χ0n) is 17.0. The first-order chi connectivity index (χ1) is 14.8. The van der Waals surface area contributed by atoms with Gasteiger partial charge in [-0.25, -0.2) is 0 Å². The maximum Gasteiger partial charge on any atom is 0.416 e. The molecular formula is C24H25F3N2O2. The molecule has 0 radical (unpaired) electrons. The fourth-order valence-electron chi connectivity index (χ4n) is 3.67. The van der Waals surface area contributed by atoms with Gasteiger partial charge in [0.05, 0.1) is 24.8 Å². The molecule has 1 saturated heterocycles. The summed E-state index contributed by atoms with van der Waals surface area (Å²) in [4.78, 5) is 14.2. The third-order valence-electron chi connectivity index (χ3n) is 5.38. The van der Waals surface area contributed by atoms with Gasteiger partial charge in [0, 0.05) is 5.56 Å². The standard InChI is InChI=1S/C24H25F3N2O2/c25-24(26,27)21-10-4-6-18(16-21)7-5-13-28-22(30)17-29-14-11-20(12-15-29)23(31)19-8-2-1-3-9-19/h1-4,6,8-10,16,20,23,31H,11-15,17H2,(H,28,30). The summed E-state index contributed by atoms with van der Waals surface area (Å²) in [7, 11) is 0. The minimum Gasteiger partial charge on any atom is -0.388 e. The highest BCUT2D eigenvalue weighted by molar-refractivity contribution is 5.78. The van der Waals surface area contributed by atoms with Gasteiger partial charge in [-0.1, -0.05) is 48.2 Å². The van der Waals surface area contributed by atoms with Crippen LogP contribution in [-0.4, -0.2) is 42.1 Å². The monoisotopic (exact) mass is 430 g/mol. The summed E-state index contributed by atoms with van der Waals surface area (Å²) in [6.07, 6.45) is -3.29. The predicted octanol–water partition coefficient (Wildman–Crippen LogP) is 3.62. The Morgan fingerprint density at radius 3 is 2.52 bits per heavy atom. The van der Waals surface area contributed by atoms with E-state index in [0.717, 1.165) is 43.6 Å². The molecule has 1 fully saturated rings. The van der Waals surface area contributed by atoms with Crippen molar-refractivity contribution in [2.45, 2.75) is 25.1 Å². The summed E-state index contributed by atoms with van der Waals surface area (Å²) in [5, 5.41) is 13.2. The van der Waals surface area contributed by atoms with Crippen LogP contribution in [0.2, 0.25) is 0 Å². The van der Waals surface area contributed by atoms with Gasteiger partial charge in [0.1, 0.15) is 0 Å². The van der Waals surface area contributed by atoms with E-state index in [2.05, 4.69) is 17.2 Å². The Labute approximate surface area is 180 Å². The van der Waals surface area contributed by atoms with E-state index >= 15 is 0 Å². The molecule has 1 heterocycles. The van der Waals surface area contributed by atoms with Crippen LogP contribution >= 0.6 is 0 Å². The molecule has 1 aliphatic rings. The molecule has 2 aromatic rings. The number of carbonyl (C=O) groups excluding carboxylic acids is 1. The fraction of sp³-hybridized carbons (Fsp3) is 0.375. The number of aliphatic hydroxyl groups is 1. The Morgan fingerprint density at radius 1 is 1.13 bits per heavy atom. The van der Waals surface area contributed by atoms with E-state index < -0.39 is 17.8 Å². The number of hydrogen-bond donors (Lipinski definition) is 2. The number of nitrogens with zero attached hydrogens (tertiary/aromatic N) is 1. The van der Waals surface area contributed by atoms with Gasteiger partial charge in [-0.2, -0.15) is 13.2 Å². The normalized spacial score (nSPS) is 16.3. The van der Waals surface area contributed by atoms with Gasteiger partial charge in [-0.15, -0.1) is 0 Å². The molecule has 0 aromatic heterocycles. The third-order valence-corrected chi connectivity index (χ3v) is 5.38. The van der Waals surface area contributed by atoms with E-state index in [1.54, 1.807) is 0 Å². The molecule has 31 heavy (non-hydrogen) atoms. The van der Waals surface area contributed by atoms with Crippen molar-refractivity contribution in [1.82, 2.24) is 10.2 Å². The maximum atomic E-state index is 12.7. The van der Waals surface area contributed by atoms with Gasteiger partial charge in [-0.3, -0.25) is 9.69 Å². The zero-order valence-corrected chi connectivity index (χ0v) is 17.0. The van der Waals surface area contributed by atoms with E-state index in [9.17, 15) is 23.1 Å². The highest BCUT2D eigenvalue weighted by atomic mass is 19.4. The number of aliphatic hydroxyl groups excluding tert-OH is 1. The molecule has 0 saturated carbocycles. The Bertz CT molecular complexity index is 927. The first-order valence-corrected chi connectivity index (χ1v) is 10.2. The number of likely N-dealkylation sites (tertiary alicyclic amines) is 1. The Morgan fingerprint density at radius 2 is 1.84 bits per heavy atom. The fourth-order valence-corrected chi connectivity index (χ4v) is 3.67. The number of alkyl halides is 3. The van der Waals surface area contributed by atoms with Crippen molar-refractivity contribution in [3.05, 3.63) is 71.3 Å². The first kappa shape index (κ1) is 22.9. The molecule has 0 bridgehead atoms. The average molecular weight is 430 g/mol. The lowest BCUT2D eigenvalue weighted by molar-refractivity contribution is -0.137. The minimum atomic E-state index is -4.41. The van der Waals surface area contributed by atoms with Crippen LogP contribution in [0.5, 0.6) is 0 Å².